The first-order valence-corrected chi connectivity index (χ1v) is 5.22. The largest absolute Gasteiger partial charge is 0.457 e. The maximum atomic E-state index is 11.3. The van der Waals surface area contributed by atoms with Gasteiger partial charge in [-0.1, -0.05) is 6.07 Å². The summed E-state index contributed by atoms with van der Waals surface area (Å²) in [7, 11) is 0. The Bertz CT molecular complexity index is 415. The fourth-order valence-electron chi connectivity index (χ4n) is 1.81. The van der Waals surface area contributed by atoms with Crippen LogP contribution in [0, 0.1) is 6.92 Å². The van der Waals surface area contributed by atoms with Gasteiger partial charge >= 0.3 is 5.97 Å². The van der Waals surface area contributed by atoms with Crippen molar-refractivity contribution in [3.63, 3.8) is 0 Å². The quantitative estimate of drug-likeness (QED) is 0.619. The van der Waals surface area contributed by atoms with Crippen LogP contribution < -0.4 is 0 Å². The van der Waals surface area contributed by atoms with Crippen molar-refractivity contribution in [3.05, 3.63) is 34.4 Å². The predicted molar refractivity (Wildman–Crippen MR) is 56.0 cm³/mol. The van der Waals surface area contributed by atoms with Gasteiger partial charge in [0.2, 0.25) is 0 Å². The molecule has 0 amide bonds. The molecule has 1 aliphatic heterocycles. The normalized spacial score (nSPS) is 16.1. The van der Waals surface area contributed by atoms with Crippen LogP contribution in [0.2, 0.25) is 0 Å². The summed E-state index contributed by atoms with van der Waals surface area (Å²) >= 11 is 5.59. The van der Waals surface area contributed by atoms with Gasteiger partial charge in [0.05, 0.1) is 17.5 Å². The number of halogens is 1. The van der Waals surface area contributed by atoms with E-state index < -0.39 is 6.10 Å². The number of carbonyl (C=O) groups is 1. The molecule has 1 N–H and O–H groups in total. The molecular weight excluding hydrogens is 216 g/mol. The molecule has 1 aliphatic rings. The van der Waals surface area contributed by atoms with Gasteiger partial charge in [0.25, 0.3) is 0 Å². The second kappa shape index (κ2) is 3.83. The molecule has 1 atom stereocenters. The number of aliphatic hydroxyl groups excluding tert-OH is 1. The molecule has 0 saturated heterocycles. The average Bonchev–Trinajstić information content (AvgIpc) is 2.61. The molecule has 4 heteroatoms. The molecule has 2 rings (SSSR count). The van der Waals surface area contributed by atoms with E-state index in [4.69, 9.17) is 16.3 Å². The smallest absolute Gasteiger partial charge is 0.338 e. The van der Waals surface area contributed by atoms with E-state index in [0.717, 1.165) is 16.7 Å². The van der Waals surface area contributed by atoms with Crippen LogP contribution in [-0.2, 0) is 11.3 Å². The third kappa shape index (κ3) is 1.62. The lowest BCUT2D eigenvalue weighted by Gasteiger charge is -2.12. The highest BCUT2D eigenvalue weighted by atomic mass is 35.5. The standard InChI is InChI=1S/C11H11ClO3/c1-6-7(10(13)4-12)2-3-8-9(6)5-15-11(8)14/h2-3,10,13H,4-5H2,1H3. The highest BCUT2D eigenvalue weighted by Gasteiger charge is 2.25. The Kier molecular flexibility index (Phi) is 2.67. The Balaban J connectivity index is 2.51. The van der Waals surface area contributed by atoms with Crippen molar-refractivity contribution in [3.8, 4) is 0 Å². The van der Waals surface area contributed by atoms with E-state index >= 15 is 0 Å². The van der Waals surface area contributed by atoms with Gasteiger partial charge in [0.15, 0.2) is 0 Å². The van der Waals surface area contributed by atoms with Crippen LogP contribution in [0.25, 0.3) is 0 Å². The zero-order valence-electron chi connectivity index (χ0n) is 8.29. The molecule has 0 spiro atoms. The monoisotopic (exact) mass is 226 g/mol. The zero-order valence-corrected chi connectivity index (χ0v) is 9.04. The van der Waals surface area contributed by atoms with E-state index in [1.165, 1.54) is 0 Å². The number of carbonyl (C=O) groups excluding carboxylic acids is 1. The number of aliphatic hydroxyl groups is 1. The summed E-state index contributed by atoms with van der Waals surface area (Å²) in [6.07, 6.45) is -0.687. The molecule has 0 radical (unpaired) electrons. The van der Waals surface area contributed by atoms with Crippen LogP contribution >= 0.6 is 11.6 Å². The number of fused-ring (bicyclic) bond motifs is 1. The second-order valence-electron chi connectivity index (χ2n) is 3.55. The molecule has 1 aromatic rings. The Labute approximate surface area is 92.6 Å². The number of benzene rings is 1. The van der Waals surface area contributed by atoms with Gasteiger partial charge in [-0.2, -0.15) is 0 Å². The lowest BCUT2D eigenvalue weighted by Crippen LogP contribution is -2.04. The summed E-state index contributed by atoms with van der Waals surface area (Å²) in [5, 5.41) is 9.65. The number of ether oxygens (including phenoxy) is 1. The van der Waals surface area contributed by atoms with Crippen LogP contribution in [0.1, 0.15) is 33.2 Å². The number of alkyl halides is 1. The molecule has 1 heterocycles. The first-order valence-electron chi connectivity index (χ1n) is 4.68. The maximum absolute atomic E-state index is 11.3. The van der Waals surface area contributed by atoms with Crippen molar-refractivity contribution in [1.29, 1.82) is 0 Å². The maximum Gasteiger partial charge on any atom is 0.338 e. The number of esters is 1. The Morgan fingerprint density at radius 2 is 2.33 bits per heavy atom. The summed E-state index contributed by atoms with van der Waals surface area (Å²) < 4.78 is 4.92. The summed E-state index contributed by atoms with van der Waals surface area (Å²) in [4.78, 5) is 11.3. The van der Waals surface area contributed by atoms with E-state index in [9.17, 15) is 9.90 Å². The van der Waals surface area contributed by atoms with Gasteiger partial charge in [0.1, 0.15) is 6.61 Å². The fourth-order valence-corrected chi connectivity index (χ4v) is 1.98. The minimum Gasteiger partial charge on any atom is -0.457 e. The molecule has 0 fully saturated rings. The molecular formula is C11H11ClO3. The number of rotatable bonds is 2. The molecule has 0 saturated carbocycles. The highest BCUT2D eigenvalue weighted by molar-refractivity contribution is 6.18. The minimum absolute atomic E-state index is 0.147. The second-order valence-corrected chi connectivity index (χ2v) is 3.86. The van der Waals surface area contributed by atoms with Crippen molar-refractivity contribution in [2.45, 2.75) is 19.6 Å². The molecule has 0 aromatic heterocycles. The van der Waals surface area contributed by atoms with Crippen molar-refractivity contribution >= 4 is 17.6 Å². The lowest BCUT2D eigenvalue weighted by atomic mass is 9.96. The van der Waals surface area contributed by atoms with Crippen molar-refractivity contribution in [2.75, 3.05) is 5.88 Å². The van der Waals surface area contributed by atoms with Crippen LogP contribution in [0.5, 0.6) is 0 Å². The Hall–Kier alpha value is -1.06. The van der Waals surface area contributed by atoms with Gasteiger partial charge in [0, 0.05) is 5.56 Å². The highest BCUT2D eigenvalue weighted by Crippen LogP contribution is 2.29. The number of cyclic esters (lactones) is 1. The first kappa shape index (κ1) is 10.5. The molecule has 1 aromatic carbocycles. The Morgan fingerprint density at radius 3 is 3.00 bits per heavy atom. The van der Waals surface area contributed by atoms with Crippen LogP contribution in [0.3, 0.4) is 0 Å². The minimum atomic E-state index is -0.687. The van der Waals surface area contributed by atoms with Gasteiger partial charge in [-0.25, -0.2) is 4.79 Å². The molecule has 80 valence electrons. The SMILES string of the molecule is Cc1c(C(O)CCl)ccc2c1COC2=O. The van der Waals surface area contributed by atoms with Crippen molar-refractivity contribution < 1.29 is 14.6 Å². The lowest BCUT2D eigenvalue weighted by molar-refractivity contribution is 0.0535. The molecule has 15 heavy (non-hydrogen) atoms. The van der Waals surface area contributed by atoms with Crippen molar-refractivity contribution in [1.82, 2.24) is 0 Å². The predicted octanol–water partition coefficient (Wildman–Crippen LogP) is 1.94. The summed E-state index contributed by atoms with van der Waals surface area (Å²) in [6, 6.07) is 3.41. The fraction of sp³-hybridized carbons (Fsp3) is 0.364. The average molecular weight is 227 g/mol. The molecule has 1 unspecified atom stereocenters. The number of hydrogen-bond donors (Lipinski definition) is 1. The van der Waals surface area contributed by atoms with Crippen molar-refractivity contribution in [2.24, 2.45) is 0 Å². The Morgan fingerprint density at radius 1 is 1.60 bits per heavy atom. The van der Waals surface area contributed by atoms with E-state index in [0.29, 0.717) is 12.2 Å². The zero-order chi connectivity index (χ0) is 11.0. The topological polar surface area (TPSA) is 46.5 Å². The molecule has 0 aliphatic carbocycles. The van der Waals surface area contributed by atoms with E-state index in [-0.39, 0.29) is 11.8 Å². The van der Waals surface area contributed by atoms with E-state index in [1.54, 1.807) is 12.1 Å². The number of hydrogen-bond acceptors (Lipinski definition) is 3. The molecule has 3 nitrogen and oxygen atoms in total. The van der Waals surface area contributed by atoms with Crippen LogP contribution in [-0.4, -0.2) is 17.0 Å². The van der Waals surface area contributed by atoms with E-state index in [2.05, 4.69) is 0 Å². The van der Waals surface area contributed by atoms with Gasteiger partial charge < -0.3 is 9.84 Å². The summed E-state index contributed by atoms with van der Waals surface area (Å²) in [6.45, 7) is 2.16. The van der Waals surface area contributed by atoms with E-state index in [1.807, 2.05) is 6.92 Å². The molecule has 0 bridgehead atoms. The van der Waals surface area contributed by atoms with Crippen LogP contribution in [0.4, 0.5) is 0 Å². The first-order chi connectivity index (χ1) is 7.15. The van der Waals surface area contributed by atoms with Crippen LogP contribution in [0.15, 0.2) is 12.1 Å². The summed E-state index contributed by atoms with van der Waals surface area (Å²) in [5.41, 5.74) is 3.12. The van der Waals surface area contributed by atoms with Gasteiger partial charge in [-0.15, -0.1) is 11.6 Å². The summed E-state index contributed by atoms with van der Waals surface area (Å²) in [5.74, 6) is -0.144. The van der Waals surface area contributed by atoms with Gasteiger partial charge in [-0.05, 0) is 24.1 Å². The third-order valence-electron chi connectivity index (χ3n) is 2.71. The van der Waals surface area contributed by atoms with Gasteiger partial charge in [-0.3, -0.25) is 0 Å². The third-order valence-corrected chi connectivity index (χ3v) is 3.01.